The van der Waals surface area contributed by atoms with Crippen LogP contribution in [0.4, 0.5) is 45.5 Å². The van der Waals surface area contributed by atoms with Crippen LogP contribution in [0.1, 0.15) is 5.69 Å². The van der Waals surface area contributed by atoms with Crippen LogP contribution in [-0.4, -0.2) is 14.8 Å². The molecule has 0 unspecified atom stereocenters. The van der Waals surface area contributed by atoms with Crippen LogP contribution in [0.15, 0.2) is 79.0 Å². The molecule has 0 saturated carbocycles. The van der Waals surface area contributed by atoms with E-state index in [4.69, 9.17) is 11.6 Å². The lowest BCUT2D eigenvalue weighted by molar-refractivity contribution is -0.393. The van der Waals surface area contributed by atoms with E-state index < -0.39 is 21.2 Å². The van der Waals surface area contributed by atoms with Gasteiger partial charge in [0.15, 0.2) is 0 Å². The molecule has 3 aromatic carbocycles. The second-order valence-electron chi connectivity index (χ2n) is 7.52. The first kappa shape index (κ1) is 23.5. The van der Waals surface area contributed by atoms with Gasteiger partial charge < -0.3 is 16.0 Å². The van der Waals surface area contributed by atoms with Crippen molar-refractivity contribution in [3.63, 3.8) is 0 Å². The van der Waals surface area contributed by atoms with Crippen molar-refractivity contribution in [2.75, 3.05) is 16.0 Å². The fourth-order valence-electron chi connectivity index (χ4n) is 3.31. The summed E-state index contributed by atoms with van der Waals surface area (Å²) < 4.78 is 0. The summed E-state index contributed by atoms with van der Waals surface area (Å²) in [7, 11) is 0. The molecule has 0 fully saturated rings. The van der Waals surface area contributed by atoms with Crippen molar-refractivity contribution in [2.45, 2.75) is 6.92 Å². The Balaban J connectivity index is 1.73. The lowest BCUT2D eigenvalue weighted by atomic mass is 10.1. The second-order valence-corrected chi connectivity index (χ2v) is 7.95. The van der Waals surface area contributed by atoms with Crippen LogP contribution >= 0.6 is 11.6 Å². The summed E-state index contributed by atoms with van der Waals surface area (Å²) in [5.41, 5.74) is 2.49. The van der Waals surface area contributed by atoms with Crippen molar-refractivity contribution in [1.29, 1.82) is 0 Å². The Kier molecular flexibility index (Phi) is 6.74. The van der Waals surface area contributed by atoms with Gasteiger partial charge in [0, 0.05) is 16.4 Å². The number of hydrogen-bond acceptors (Lipinski definition) is 8. The van der Waals surface area contributed by atoms with E-state index in [-0.39, 0.29) is 11.4 Å². The van der Waals surface area contributed by atoms with Gasteiger partial charge in [-0.1, -0.05) is 23.7 Å². The topological polar surface area (TPSA) is 135 Å². The molecule has 35 heavy (non-hydrogen) atoms. The molecule has 3 N–H and O–H groups in total. The number of halogens is 1. The molecule has 0 amide bonds. The minimum atomic E-state index is -0.670. The number of nitro benzene ring substituents is 2. The minimum Gasteiger partial charge on any atom is -0.354 e. The molecule has 0 aliphatic heterocycles. The van der Waals surface area contributed by atoms with Gasteiger partial charge in [-0.15, -0.1) is 0 Å². The van der Waals surface area contributed by atoms with Gasteiger partial charge in [-0.05, 0) is 61.5 Å². The quantitative estimate of drug-likeness (QED) is 0.176. The van der Waals surface area contributed by atoms with E-state index in [0.717, 1.165) is 17.4 Å². The number of nitro groups is 2. The third-order valence-corrected chi connectivity index (χ3v) is 5.27. The predicted octanol–water partition coefficient (Wildman–Crippen LogP) is 7.09. The van der Waals surface area contributed by atoms with Gasteiger partial charge in [0.25, 0.3) is 11.4 Å². The van der Waals surface area contributed by atoms with Gasteiger partial charge in [-0.3, -0.25) is 25.2 Å². The molecule has 11 heteroatoms. The van der Waals surface area contributed by atoms with Crippen molar-refractivity contribution in [3.8, 4) is 0 Å². The number of aromatic nitrogens is 1. The Morgan fingerprint density at radius 3 is 1.83 bits per heavy atom. The van der Waals surface area contributed by atoms with Crippen LogP contribution in [0.25, 0.3) is 0 Å². The standard InChI is InChI=1S/C24H19ClN6O4/c1-15-6-9-18(14-26-15)28-21-12-22(24(31(34)35)13-23(21)30(32)33)29-20-5-3-2-4-19(20)27-17-10-7-16(25)8-11-17/h2-14,27-29H,1H3. The van der Waals surface area contributed by atoms with Gasteiger partial charge in [-0.2, -0.15) is 0 Å². The van der Waals surface area contributed by atoms with E-state index in [1.807, 2.05) is 13.0 Å². The average molecular weight is 491 g/mol. The first-order valence-corrected chi connectivity index (χ1v) is 10.7. The van der Waals surface area contributed by atoms with Crippen LogP contribution in [0.5, 0.6) is 0 Å². The molecule has 0 saturated heterocycles. The third kappa shape index (κ3) is 5.63. The highest BCUT2D eigenvalue weighted by Crippen LogP contribution is 2.40. The number of benzene rings is 3. The predicted molar refractivity (Wildman–Crippen MR) is 136 cm³/mol. The van der Waals surface area contributed by atoms with Crippen molar-refractivity contribution < 1.29 is 9.85 Å². The van der Waals surface area contributed by atoms with E-state index in [2.05, 4.69) is 20.9 Å². The van der Waals surface area contributed by atoms with Crippen LogP contribution in [-0.2, 0) is 0 Å². The van der Waals surface area contributed by atoms with E-state index in [0.29, 0.717) is 22.1 Å². The largest absolute Gasteiger partial charge is 0.354 e. The lowest BCUT2D eigenvalue weighted by Crippen LogP contribution is -2.04. The molecule has 1 aromatic heterocycles. The maximum atomic E-state index is 11.8. The maximum Gasteiger partial charge on any atom is 0.299 e. The molecular weight excluding hydrogens is 472 g/mol. The first-order chi connectivity index (χ1) is 16.8. The fourth-order valence-corrected chi connectivity index (χ4v) is 3.44. The van der Waals surface area contributed by atoms with Crippen molar-refractivity contribution in [2.24, 2.45) is 0 Å². The molecule has 0 atom stereocenters. The highest BCUT2D eigenvalue weighted by atomic mass is 35.5. The monoisotopic (exact) mass is 490 g/mol. The average Bonchev–Trinajstić information content (AvgIpc) is 2.83. The molecule has 10 nitrogen and oxygen atoms in total. The highest BCUT2D eigenvalue weighted by Gasteiger charge is 2.25. The van der Waals surface area contributed by atoms with Gasteiger partial charge in [0.05, 0.1) is 39.2 Å². The molecule has 0 spiro atoms. The number of aryl methyl sites for hydroxylation is 1. The summed E-state index contributed by atoms with van der Waals surface area (Å²) >= 11 is 5.95. The molecule has 0 aliphatic rings. The normalized spacial score (nSPS) is 10.5. The van der Waals surface area contributed by atoms with Gasteiger partial charge >= 0.3 is 0 Å². The zero-order valence-electron chi connectivity index (χ0n) is 18.4. The molecule has 176 valence electrons. The minimum absolute atomic E-state index is 0.0773. The smallest absolute Gasteiger partial charge is 0.299 e. The highest BCUT2D eigenvalue weighted by molar-refractivity contribution is 6.30. The molecule has 0 radical (unpaired) electrons. The second kappa shape index (κ2) is 10.1. The Bertz CT molecular complexity index is 1390. The Hall–Kier alpha value is -4.70. The number of pyridine rings is 1. The summed E-state index contributed by atoms with van der Waals surface area (Å²) in [4.78, 5) is 26.3. The number of rotatable bonds is 8. The lowest BCUT2D eigenvalue weighted by Gasteiger charge is -2.15. The molecule has 0 bridgehead atoms. The summed E-state index contributed by atoms with van der Waals surface area (Å²) in [6.07, 6.45) is 1.53. The molecular formula is C24H19ClN6O4. The van der Waals surface area contributed by atoms with E-state index in [1.54, 1.807) is 54.6 Å². The van der Waals surface area contributed by atoms with E-state index in [1.165, 1.54) is 12.3 Å². The summed E-state index contributed by atoms with van der Waals surface area (Å²) in [5, 5.41) is 33.3. The van der Waals surface area contributed by atoms with Crippen LogP contribution in [0.3, 0.4) is 0 Å². The Morgan fingerprint density at radius 1 is 0.714 bits per heavy atom. The SMILES string of the molecule is Cc1ccc(Nc2cc(Nc3ccccc3Nc3ccc(Cl)cc3)c([N+](=O)[O-])cc2[N+](=O)[O-])cn1. The first-order valence-electron chi connectivity index (χ1n) is 10.4. The van der Waals surface area contributed by atoms with E-state index >= 15 is 0 Å². The van der Waals surface area contributed by atoms with Crippen LogP contribution < -0.4 is 16.0 Å². The van der Waals surface area contributed by atoms with Crippen molar-refractivity contribution >= 4 is 57.1 Å². The molecule has 1 heterocycles. The fraction of sp³-hybridized carbons (Fsp3) is 0.0417. The zero-order chi connectivity index (χ0) is 24.9. The van der Waals surface area contributed by atoms with Gasteiger partial charge in [0.2, 0.25) is 0 Å². The van der Waals surface area contributed by atoms with Gasteiger partial charge in [0.1, 0.15) is 11.4 Å². The number of hydrogen-bond donors (Lipinski definition) is 3. The van der Waals surface area contributed by atoms with Crippen molar-refractivity contribution in [3.05, 3.63) is 110 Å². The number of nitrogens with zero attached hydrogens (tertiary/aromatic N) is 3. The number of nitrogens with one attached hydrogen (secondary N) is 3. The number of anilines is 6. The molecule has 0 aliphatic carbocycles. The zero-order valence-corrected chi connectivity index (χ0v) is 19.1. The maximum absolute atomic E-state index is 11.8. The third-order valence-electron chi connectivity index (χ3n) is 5.02. The van der Waals surface area contributed by atoms with Crippen molar-refractivity contribution in [1.82, 2.24) is 4.98 Å². The van der Waals surface area contributed by atoms with Crippen LogP contribution in [0, 0.1) is 27.2 Å². The number of para-hydroxylation sites is 2. The van der Waals surface area contributed by atoms with Gasteiger partial charge in [-0.25, -0.2) is 0 Å². The molecule has 4 rings (SSSR count). The molecule has 4 aromatic rings. The summed E-state index contributed by atoms with van der Waals surface area (Å²) in [6, 6.07) is 19.9. The Labute approximate surface area is 204 Å². The summed E-state index contributed by atoms with van der Waals surface area (Å²) in [6.45, 7) is 1.82. The van der Waals surface area contributed by atoms with E-state index in [9.17, 15) is 20.2 Å². The Morgan fingerprint density at radius 2 is 1.26 bits per heavy atom. The van der Waals surface area contributed by atoms with Crippen LogP contribution in [0.2, 0.25) is 5.02 Å². The summed E-state index contributed by atoms with van der Waals surface area (Å²) in [5.74, 6) is 0.